The number of esters is 3. The minimum absolute atomic E-state index is 0.00297. The number of rotatable bonds is 7. The van der Waals surface area contributed by atoms with E-state index in [1.165, 1.54) is 6.92 Å². The van der Waals surface area contributed by atoms with Gasteiger partial charge in [-0.15, -0.1) is 0 Å². The van der Waals surface area contributed by atoms with Crippen molar-refractivity contribution in [3.63, 3.8) is 0 Å². The van der Waals surface area contributed by atoms with Crippen LogP contribution in [0.15, 0.2) is 60.7 Å². The summed E-state index contributed by atoms with van der Waals surface area (Å²) < 4.78 is 21.8. The van der Waals surface area contributed by atoms with Gasteiger partial charge in [-0.25, -0.2) is 9.59 Å². The van der Waals surface area contributed by atoms with Gasteiger partial charge in [0.15, 0.2) is 12.1 Å². The highest BCUT2D eigenvalue weighted by Gasteiger charge is 2.42. The first kappa shape index (κ1) is 26.7. The van der Waals surface area contributed by atoms with E-state index in [-0.39, 0.29) is 13.0 Å². The lowest BCUT2D eigenvalue weighted by Gasteiger charge is -2.29. The van der Waals surface area contributed by atoms with Gasteiger partial charge in [0.1, 0.15) is 25.2 Å². The highest BCUT2D eigenvalue weighted by Crippen LogP contribution is 2.24. The molecule has 1 N–H and O–H groups in total. The monoisotopic (exact) mass is 497 g/mol. The van der Waals surface area contributed by atoms with Gasteiger partial charge >= 0.3 is 24.0 Å². The van der Waals surface area contributed by atoms with Crippen LogP contribution in [0.25, 0.3) is 0 Å². The molecule has 192 valence electrons. The molecule has 4 atom stereocenters. The van der Waals surface area contributed by atoms with E-state index in [1.54, 1.807) is 26.0 Å². The van der Waals surface area contributed by atoms with Gasteiger partial charge in [0.05, 0.1) is 5.92 Å². The number of hydrogen-bond donors (Lipinski definition) is 1. The van der Waals surface area contributed by atoms with Crippen LogP contribution in [0.2, 0.25) is 0 Å². The quantitative estimate of drug-likeness (QED) is 0.458. The lowest BCUT2D eigenvalue weighted by molar-refractivity contribution is -0.176. The number of nitrogens with one attached hydrogen (secondary N) is 1. The van der Waals surface area contributed by atoms with Crippen LogP contribution in [0, 0.1) is 11.8 Å². The summed E-state index contributed by atoms with van der Waals surface area (Å²) in [6, 6.07) is 16.9. The molecule has 0 aromatic heterocycles. The summed E-state index contributed by atoms with van der Waals surface area (Å²) >= 11 is 0. The fraction of sp³-hybridized carbons (Fsp3) is 0.407. The molecule has 2 aromatic carbocycles. The number of ether oxygens (including phenoxy) is 4. The summed E-state index contributed by atoms with van der Waals surface area (Å²) in [5.74, 6) is -3.43. The molecule has 2 aromatic rings. The standard InChI is InChI=1S/C27H31NO8/c1-17(2)24(29)36-23-18(3)35-26(31)22(28-27(32)34-15-20-12-8-5-9-13-20)16-33-25(30)21(23)14-19-10-6-4-7-11-19/h4-13,17-18,21-23H,14-16H2,1-3H3,(H,28,32)/t18-,21+,22-,23-/m0/s1. The van der Waals surface area contributed by atoms with Gasteiger partial charge in [0.25, 0.3) is 0 Å². The Bertz CT molecular complexity index is 1040. The third kappa shape index (κ3) is 7.56. The molecule has 9 heteroatoms. The van der Waals surface area contributed by atoms with Crippen LogP contribution in [0.1, 0.15) is 31.9 Å². The maximum atomic E-state index is 13.2. The van der Waals surface area contributed by atoms with Gasteiger partial charge in [-0.2, -0.15) is 0 Å². The van der Waals surface area contributed by atoms with Crippen molar-refractivity contribution in [3.8, 4) is 0 Å². The molecule has 1 amide bonds. The van der Waals surface area contributed by atoms with E-state index in [0.717, 1.165) is 11.1 Å². The summed E-state index contributed by atoms with van der Waals surface area (Å²) in [5, 5.41) is 2.39. The number of amides is 1. The molecular weight excluding hydrogens is 466 g/mol. The zero-order valence-electron chi connectivity index (χ0n) is 20.5. The van der Waals surface area contributed by atoms with E-state index < -0.39 is 60.7 Å². The lowest BCUT2D eigenvalue weighted by atomic mass is 9.91. The van der Waals surface area contributed by atoms with Crippen LogP contribution < -0.4 is 5.32 Å². The minimum Gasteiger partial charge on any atom is -0.463 e. The highest BCUT2D eigenvalue weighted by atomic mass is 16.6. The number of carbonyl (C=O) groups is 4. The first-order valence-corrected chi connectivity index (χ1v) is 11.8. The molecule has 0 unspecified atom stereocenters. The van der Waals surface area contributed by atoms with Crippen molar-refractivity contribution in [2.45, 2.75) is 52.0 Å². The summed E-state index contributed by atoms with van der Waals surface area (Å²) in [6.45, 7) is 4.41. The molecule has 9 nitrogen and oxygen atoms in total. The van der Waals surface area contributed by atoms with Crippen molar-refractivity contribution in [2.75, 3.05) is 6.61 Å². The maximum absolute atomic E-state index is 13.2. The van der Waals surface area contributed by atoms with Crippen LogP contribution in [0.5, 0.6) is 0 Å². The van der Waals surface area contributed by atoms with Crippen LogP contribution >= 0.6 is 0 Å². The fourth-order valence-corrected chi connectivity index (χ4v) is 3.66. The molecule has 0 spiro atoms. The van der Waals surface area contributed by atoms with Crippen molar-refractivity contribution < 1.29 is 38.1 Å². The average Bonchev–Trinajstić information content (AvgIpc) is 2.90. The molecule has 1 aliphatic heterocycles. The SMILES string of the molecule is CC(C)C(=O)O[C@H]1[C@H](C)OC(=O)[C@@H](NC(=O)OCc2ccccc2)COC(=O)[C@@H]1Cc1ccccc1. The van der Waals surface area contributed by atoms with E-state index in [2.05, 4.69) is 5.32 Å². The number of cyclic esters (lactones) is 2. The topological polar surface area (TPSA) is 117 Å². The Hall–Kier alpha value is -3.88. The molecule has 0 radical (unpaired) electrons. The largest absolute Gasteiger partial charge is 0.463 e. The summed E-state index contributed by atoms with van der Waals surface area (Å²) in [4.78, 5) is 50.8. The lowest BCUT2D eigenvalue weighted by Crippen LogP contribution is -2.46. The summed E-state index contributed by atoms with van der Waals surface area (Å²) in [6.07, 6.45) is -2.73. The van der Waals surface area contributed by atoms with Crippen molar-refractivity contribution in [2.24, 2.45) is 11.8 Å². The van der Waals surface area contributed by atoms with Gasteiger partial charge < -0.3 is 24.3 Å². The molecule has 36 heavy (non-hydrogen) atoms. The Kier molecular flexibility index (Phi) is 9.44. The van der Waals surface area contributed by atoms with Crippen molar-refractivity contribution in [1.29, 1.82) is 0 Å². The molecule has 1 aliphatic rings. The zero-order valence-corrected chi connectivity index (χ0v) is 20.5. The number of hydrogen-bond acceptors (Lipinski definition) is 8. The normalized spacial score (nSPS) is 22.3. The zero-order chi connectivity index (χ0) is 26.1. The second kappa shape index (κ2) is 12.7. The van der Waals surface area contributed by atoms with E-state index in [4.69, 9.17) is 18.9 Å². The predicted molar refractivity (Wildman–Crippen MR) is 128 cm³/mol. The first-order chi connectivity index (χ1) is 17.2. The molecule has 0 aliphatic carbocycles. The first-order valence-electron chi connectivity index (χ1n) is 11.8. The van der Waals surface area contributed by atoms with Gasteiger partial charge in [-0.05, 0) is 24.5 Å². The van der Waals surface area contributed by atoms with E-state index in [1.807, 2.05) is 48.5 Å². The minimum atomic E-state index is -1.29. The van der Waals surface area contributed by atoms with Crippen LogP contribution in [0.4, 0.5) is 4.79 Å². The van der Waals surface area contributed by atoms with Gasteiger partial charge in [-0.1, -0.05) is 74.5 Å². The fourth-order valence-electron chi connectivity index (χ4n) is 3.66. The van der Waals surface area contributed by atoms with Gasteiger partial charge in [-0.3, -0.25) is 9.59 Å². The van der Waals surface area contributed by atoms with Gasteiger partial charge in [0.2, 0.25) is 0 Å². The number of alkyl carbamates (subject to hydrolysis) is 1. The average molecular weight is 498 g/mol. The van der Waals surface area contributed by atoms with Crippen LogP contribution in [-0.4, -0.2) is 48.9 Å². The molecule has 0 bridgehead atoms. The Balaban J connectivity index is 1.76. The third-order valence-electron chi connectivity index (χ3n) is 5.67. The maximum Gasteiger partial charge on any atom is 0.408 e. The number of carbonyl (C=O) groups excluding carboxylic acids is 4. The van der Waals surface area contributed by atoms with E-state index in [0.29, 0.717) is 0 Å². The smallest absolute Gasteiger partial charge is 0.408 e. The summed E-state index contributed by atoms with van der Waals surface area (Å²) in [7, 11) is 0. The molecule has 1 fully saturated rings. The second-order valence-electron chi connectivity index (χ2n) is 8.88. The Morgan fingerprint density at radius 2 is 1.58 bits per heavy atom. The molecule has 3 rings (SSSR count). The Morgan fingerprint density at radius 3 is 2.19 bits per heavy atom. The van der Waals surface area contributed by atoms with Gasteiger partial charge in [0, 0.05) is 0 Å². The van der Waals surface area contributed by atoms with Crippen molar-refractivity contribution in [1.82, 2.24) is 5.32 Å². The van der Waals surface area contributed by atoms with E-state index in [9.17, 15) is 19.2 Å². The van der Waals surface area contributed by atoms with Crippen LogP contribution in [0.3, 0.4) is 0 Å². The second-order valence-corrected chi connectivity index (χ2v) is 8.88. The van der Waals surface area contributed by atoms with Crippen molar-refractivity contribution in [3.05, 3.63) is 71.8 Å². The third-order valence-corrected chi connectivity index (χ3v) is 5.67. The Labute approximate surface area is 210 Å². The van der Waals surface area contributed by atoms with E-state index >= 15 is 0 Å². The van der Waals surface area contributed by atoms with Crippen LogP contribution in [-0.2, 0) is 46.4 Å². The molecule has 1 saturated heterocycles. The highest BCUT2D eigenvalue weighted by molar-refractivity contribution is 5.83. The summed E-state index contributed by atoms with van der Waals surface area (Å²) in [5.41, 5.74) is 1.59. The Morgan fingerprint density at radius 1 is 0.972 bits per heavy atom. The molecule has 0 saturated carbocycles. The number of benzene rings is 2. The molecular formula is C27H31NO8. The molecule has 1 heterocycles. The predicted octanol–water partition coefficient (Wildman–Crippen LogP) is 3.20. The van der Waals surface area contributed by atoms with Crippen molar-refractivity contribution >= 4 is 24.0 Å².